The van der Waals surface area contributed by atoms with Gasteiger partial charge in [-0.2, -0.15) is 0 Å². The van der Waals surface area contributed by atoms with Crippen molar-refractivity contribution in [3.8, 4) is 5.88 Å². The molecule has 0 aliphatic rings. The van der Waals surface area contributed by atoms with Gasteiger partial charge in [0.1, 0.15) is 0 Å². The summed E-state index contributed by atoms with van der Waals surface area (Å²) < 4.78 is 4.82. The van der Waals surface area contributed by atoms with Gasteiger partial charge in [-0.15, -0.1) is 10.2 Å². The Balaban J connectivity index is 2.50. The summed E-state index contributed by atoms with van der Waals surface area (Å²) in [6.07, 6.45) is 0.375. The maximum Gasteiger partial charge on any atom is 0.303 e. The van der Waals surface area contributed by atoms with Crippen molar-refractivity contribution in [1.82, 2.24) is 15.5 Å². The molecule has 1 heterocycles. The minimum atomic E-state index is -0.889. The molecule has 0 aliphatic carbocycles. The summed E-state index contributed by atoms with van der Waals surface area (Å²) in [4.78, 5) is 22.1. The number of carbonyl (C=O) groups excluding carboxylic acids is 1. The minimum absolute atomic E-state index is 0.00966. The maximum absolute atomic E-state index is 11.7. The molecule has 1 rings (SSSR count). The molecule has 7 nitrogen and oxygen atoms in total. The molecule has 0 aliphatic heterocycles. The summed E-state index contributed by atoms with van der Waals surface area (Å²) >= 11 is 0. The second-order valence-electron chi connectivity index (χ2n) is 3.77. The topological polar surface area (TPSA) is 101 Å². The van der Waals surface area contributed by atoms with E-state index in [1.807, 2.05) is 0 Å². The average Bonchev–Trinajstić information content (AvgIpc) is 2.36. The molecule has 0 bridgehead atoms. The maximum atomic E-state index is 11.7. The van der Waals surface area contributed by atoms with E-state index in [1.165, 1.54) is 19.2 Å². The van der Waals surface area contributed by atoms with E-state index in [4.69, 9.17) is 9.84 Å². The van der Waals surface area contributed by atoms with Crippen LogP contribution in [-0.2, 0) is 4.79 Å². The molecule has 1 aromatic rings. The highest BCUT2D eigenvalue weighted by Gasteiger charge is 2.12. The zero-order valence-electron chi connectivity index (χ0n) is 10.2. The molecule has 18 heavy (non-hydrogen) atoms. The van der Waals surface area contributed by atoms with E-state index in [1.54, 1.807) is 6.92 Å². The molecule has 0 fully saturated rings. The van der Waals surface area contributed by atoms with Crippen molar-refractivity contribution in [1.29, 1.82) is 0 Å². The summed E-state index contributed by atoms with van der Waals surface area (Å²) in [6.45, 7) is 1.73. The summed E-state index contributed by atoms with van der Waals surface area (Å²) in [5, 5.41) is 18.5. The molecule has 1 amide bonds. The van der Waals surface area contributed by atoms with Crippen LogP contribution >= 0.6 is 0 Å². The predicted molar refractivity (Wildman–Crippen MR) is 62.4 cm³/mol. The van der Waals surface area contributed by atoms with Gasteiger partial charge in [0.15, 0.2) is 5.69 Å². The fraction of sp³-hybridized carbons (Fsp3) is 0.455. The van der Waals surface area contributed by atoms with Gasteiger partial charge in [0.25, 0.3) is 5.91 Å². The Morgan fingerprint density at radius 3 is 2.67 bits per heavy atom. The fourth-order valence-corrected chi connectivity index (χ4v) is 1.26. The minimum Gasteiger partial charge on any atom is -0.481 e. The lowest BCUT2D eigenvalue weighted by Gasteiger charge is -2.11. The molecule has 0 saturated heterocycles. The van der Waals surface area contributed by atoms with Crippen LogP contribution in [0.1, 0.15) is 30.3 Å². The standard InChI is InChI=1S/C11H15N3O4/c1-7(3-6-10(15)16)12-11(17)8-4-5-9(18-2)14-13-8/h4-5,7H,3,6H2,1-2H3,(H,12,17)(H,15,16). The van der Waals surface area contributed by atoms with E-state index < -0.39 is 5.97 Å². The summed E-state index contributed by atoms with van der Waals surface area (Å²) in [6, 6.07) is 2.78. The molecule has 0 saturated carbocycles. The Morgan fingerprint density at radius 2 is 2.17 bits per heavy atom. The fourth-order valence-electron chi connectivity index (χ4n) is 1.26. The number of hydrogen-bond acceptors (Lipinski definition) is 5. The van der Waals surface area contributed by atoms with Gasteiger partial charge in [-0.25, -0.2) is 0 Å². The lowest BCUT2D eigenvalue weighted by molar-refractivity contribution is -0.137. The smallest absolute Gasteiger partial charge is 0.303 e. The third-order valence-electron chi connectivity index (χ3n) is 2.25. The Kier molecular flexibility index (Phi) is 5.04. The normalized spacial score (nSPS) is 11.7. The number of amides is 1. The van der Waals surface area contributed by atoms with Crippen molar-refractivity contribution in [2.24, 2.45) is 0 Å². The van der Waals surface area contributed by atoms with Crippen LogP contribution in [0.15, 0.2) is 12.1 Å². The number of hydrogen-bond donors (Lipinski definition) is 2. The third-order valence-corrected chi connectivity index (χ3v) is 2.25. The number of rotatable bonds is 6. The summed E-state index contributed by atoms with van der Waals surface area (Å²) in [5.41, 5.74) is 0.165. The van der Waals surface area contributed by atoms with Gasteiger partial charge in [-0.05, 0) is 19.4 Å². The van der Waals surface area contributed by atoms with Crippen molar-refractivity contribution >= 4 is 11.9 Å². The van der Waals surface area contributed by atoms with Crippen LogP contribution < -0.4 is 10.1 Å². The lowest BCUT2D eigenvalue weighted by Crippen LogP contribution is -2.33. The highest BCUT2D eigenvalue weighted by Crippen LogP contribution is 2.04. The number of nitrogens with one attached hydrogen (secondary N) is 1. The van der Waals surface area contributed by atoms with Crippen molar-refractivity contribution in [3.05, 3.63) is 17.8 Å². The van der Waals surface area contributed by atoms with Crippen molar-refractivity contribution in [2.75, 3.05) is 7.11 Å². The number of carboxylic acid groups (broad SMARTS) is 1. The number of nitrogens with zero attached hydrogens (tertiary/aromatic N) is 2. The van der Waals surface area contributed by atoms with Crippen molar-refractivity contribution < 1.29 is 19.4 Å². The van der Waals surface area contributed by atoms with Crippen LogP contribution in [-0.4, -0.2) is 40.3 Å². The molecule has 98 valence electrons. The first-order valence-electron chi connectivity index (χ1n) is 5.43. The largest absolute Gasteiger partial charge is 0.481 e. The summed E-state index contributed by atoms with van der Waals surface area (Å²) in [5.74, 6) is -0.950. The van der Waals surface area contributed by atoms with Gasteiger partial charge in [0.05, 0.1) is 7.11 Å². The Bertz CT molecular complexity index is 419. The van der Waals surface area contributed by atoms with Gasteiger partial charge in [0.2, 0.25) is 5.88 Å². The number of carbonyl (C=O) groups is 2. The van der Waals surface area contributed by atoms with Crippen molar-refractivity contribution in [2.45, 2.75) is 25.8 Å². The molecule has 1 aromatic heterocycles. The molecular weight excluding hydrogens is 238 g/mol. The lowest BCUT2D eigenvalue weighted by atomic mass is 10.2. The summed E-state index contributed by atoms with van der Waals surface area (Å²) in [7, 11) is 1.46. The zero-order chi connectivity index (χ0) is 13.5. The third kappa shape index (κ3) is 4.36. The molecule has 0 radical (unpaired) electrons. The van der Waals surface area contributed by atoms with Gasteiger partial charge >= 0.3 is 5.97 Å². The van der Waals surface area contributed by atoms with Crippen LogP contribution in [0.5, 0.6) is 5.88 Å². The molecule has 0 aromatic carbocycles. The van der Waals surface area contributed by atoms with Crippen LogP contribution in [0.3, 0.4) is 0 Å². The molecule has 1 unspecified atom stereocenters. The van der Waals surface area contributed by atoms with E-state index in [-0.39, 0.29) is 24.1 Å². The molecule has 7 heteroatoms. The zero-order valence-corrected chi connectivity index (χ0v) is 10.2. The molecular formula is C11H15N3O4. The van der Waals surface area contributed by atoms with Gasteiger partial charge in [-0.3, -0.25) is 9.59 Å². The van der Waals surface area contributed by atoms with E-state index in [2.05, 4.69) is 15.5 Å². The van der Waals surface area contributed by atoms with Crippen LogP contribution in [0.2, 0.25) is 0 Å². The van der Waals surface area contributed by atoms with Crippen LogP contribution in [0.4, 0.5) is 0 Å². The van der Waals surface area contributed by atoms with Gasteiger partial charge < -0.3 is 15.2 Å². The Hall–Kier alpha value is -2.18. The highest BCUT2D eigenvalue weighted by molar-refractivity contribution is 5.92. The molecule has 0 spiro atoms. The highest BCUT2D eigenvalue weighted by atomic mass is 16.5. The van der Waals surface area contributed by atoms with E-state index >= 15 is 0 Å². The van der Waals surface area contributed by atoms with E-state index in [0.29, 0.717) is 12.3 Å². The van der Waals surface area contributed by atoms with E-state index in [9.17, 15) is 9.59 Å². The van der Waals surface area contributed by atoms with Crippen LogP contribution in [0, 0.1) is 0 Å². The first-order valence-corrected chi connectivity index (χ1v) is 5.43. The number of ether oxygens (including phenoxy) is 1. The van der Waals surface area contributed by atoms with Crippen LogP contribution in [0.25, 0.3) is 0 Å². The quantitative estimate of drug-likeness (QED) is 0.764. The number of carboxylic acids is 1. The Morgan fingerprint density at radius 1 is 1.44 bits per heavy atom. The Labute approximate surface area is 104 Å². The van der Waals surface area contributed by atoms with Crippen molar-refractivity contribution in [3.63, 3.8) is 0 Å². The van der Waals surface area contributed by atoms with E-state index in [0.717, 1.165) is 0 Å². The van der Waals surface area contributed by atoms with Gasteiger partial charge in [-0.1, -0.05) is 0 Å². The predicted octanol–water partition coefficient (Wildman–Crippen LogP) is 0.468. The monoisotopic (exact) mass is 253 g/mol. The first kappa shape index (κ1) is 13.9. The average molecular weight is 253 g/mol. The second-order valence-corrected chi connectivity index (χ2v) is 3.77. The van der Waals surface area contributed by atoms with Gasteiger partial charge in [0, 0.05) is 18.5 Å². The number of aromatic nitrogens is 2. The second kappa shape index (κ2) is 6.53. The molecule has 1 atom stereocenters. The SMILES string of the molecule is COc1ccc(C(=O)NC(C)CCC(=O)O)nn1. The first-order chi connectivity index (χ1) is 8.52. The number of methoxy groups -OCH3 is 1. The number of aliphatic carboxylic acids is 1. The molecule has 2 N–H and O–H groups in total.